The third-order valence-electron chi connectivity index (χ3n) is 2.87. The lowest BCUT2D eigenvalue weighted by Gasteiger charge is -2.23. The molecule has 3 rings (SSSR count). The predicted octanol–water partition coefficient (Wildman–Crippen LogP) is 1.26. The molecule has 0 bridgehead atoms. The highest BCUT2D eigenvalue weighted by Crippen LogP contribution is 2.31. The lowest BCUT2D eigenvalue weighted by atomic mass is 10.2. The van der Waals surface area contributed by atoms with E-state index < -0.39 is 18.0 Å². The molecule has 118 valence electrons. The van der Waals surface area contributed by atoms with Crippen molar-refractivity contribution in [1.29, 1.82) is 0 Å². The first-order valence-electron chi connectivity index (χ1n) is 5.80. The molecule has 0 spiro atoms. The maximum absolute atomic E-state index is 12.7. The van der Waals surface area contributed by atoms with Crippen LogP contribution in [0.4, 0.5) is 19.0 Å². The first-order valence-corrected chi connectivity index (χ1v) is 5.80. The molecule has 0 amide bonds. The number of rotatable bonds is 2. The molecular weight excluding hydrogens is 325 g/mol. The van der Waals surface area contributed by atoms with Gasteiger partial charge < -0.3 is 5.11 Å². The molecule has 11 heteroatoms. The van der Waals surface area contributed by atoms with E-state index in [1.807, 2.05) is 0 Å². The largest absolute Gasteiger partial charge is 0.416 e. The Bertz CT molecular complexity index is 675. The summed E-state index contributed by atoms with van der Waals surface area (Å²) < 4.78 is 39.4. The van der Waals surface area contributed by atoms with E-state index in [-0.39, 0.29) is 18.2 Å². The fourth-order valence-electron chi connectivity index (χ4n) is 1.86. The molecule has 7 nitrogen and oxygen atoms in total. The van der Waals surface area contributed by atoms with Crippen LogP contribution in [-0.4, -0.2) is 31.3 Å². The number of pyridine rings is 1. The van der Waals surface area contributed by atoms with Crippen molar-refractivity contribution >= 4 is 23.9 Å². The molecule has 1 aliphatic rings. The summed E-state index contributed by atoms with van der Waals surface area (Å²) in [7, 11) is 0. The average molecular weight is 335 g/mol. The molecule has 0 aromatic carbocycles. The van der Waals surface area contributed by atoms with Gasteiger partial charge in [-0.25, -0.2) is 14.7 Å². The van der Waals surface area contributed by atoms with Crippen LogP contribution in [0.2, 0.25) is 0 Å². The smallest absolute Gasteiger partial charge is 0.367 e. The topological polar surface area (TPSA) is 79.1 Å². The molecule has 0 radical (unpaired) electrons. The van der Waals surface area contributed by atoms with Crippen LogP contribution < -0.4 is 10.4 Å². The molecule has 0 aliphatic carbocycles. The fraction of sp³-hybridized carbons (Fsp3) is 0.182. The van der Waals surface area contributed by atoms with E-state index in [1.165, 1.54) is 23.3 Å². The van der Waals surface area contributed by atoms with Crippen LogP contribution in [-0.2, 0) is 6.18 Å². The first kappa shape index (κ1) is 16.0. The summed E-state index contributed by atoms with van der Waals surface area (Å²) in [5, 5.41) is 18.5. The van der Waals surface area contributed by atoms with E-state index in [0.717, 1.165) is 23.3 Å². The first-order chi connectivity index (χ1) is 9.97. The minimum absolute atomic E-state index is 0. The number of aliphatic hydroxyl groups is 1. The van der Waals surface area contributed by atoms with E-state index >= 15 is 0 Å². The molecule has 22 heavy (non-hydrogen) atoms. The lowest BCUT2D eigenvalue weighted by molar-refractivity contribution is -0.137. The zero-order chi connectivity index (χ0) is 15.0. The quantitative estimate of drug-likeness (QED) is 0.860. The van der Waals surface area contributed by atoms with Crippen LogP contribution in [0.25, 0.3) is 5.70 Å². The van der Waals surface area contributed by atoms with Crippen molar-refractivity contribution < 1.29 is 18.3 Å². The molecule has 2 aromatic rings. The Hall–Kier alpha value is -2.33. The zero-order valence-corrected chi connectivity index (χ0v) is 11.6. The molecule has 0 fully saturated rings. The molecule has 1 aliphatic heterocycles. The van der Waals surface area contributed by atoms with Gasteiger partial charge in [0.2, 0.25) is 0 Å². The minimum Gasteiger partial charge on any atom is -0.367 e. The normalized spacial score (nSPS) is 17.7. The maximum Gasteiger partial charge on any atom is 0.416 e. The number of hydrogen-bond acceptors (Lipinski definition) is 6. The average Bonchev–Trinajstić information content (AvgIpc) is 3.07. The van der Waals surface area contributed by atoms with Gasteiger partial charge in [-0.15, -0.1) is 17.5 Å². The Morgan fingerprint density at radius 1 is 1.27 bits per heavy atom. The van der Waals surface area contributed by atoms with Gasteiger partial charge in [0.1, 0.15) is 11.5 Å². The van der Waals surface area contributed by atoms with Crippen LogP contribution in [0.1, 0.15) is 5.56 Å². The van der Waals surface area contributed by atoms with Crippen molar-refractivity contribution in [2.24, 2.45) is 0 Å². The number of anilines is 1. The third-order valence-corrected chi connectivity index (χ3v) is 2.87. The second-order valence-corrected chi connectivity index (χ2v) is 4.19. The predicted molar refractivity (Wildman–Crippen MR) is 72.4 cm³/mol. The summed E-state index contributed by atoms with van der Waals surface area (Å²) in [6.45, 7) is 0. The van der Waals surface area contributed by atoms with Crippen molar-refractivity contribution in [1.82, 2.24) is 25.4 Å². The number of halogens is 4. The highest BCUT2D eigenvalue weighted by Gasteiger charge is 2.33. The highest BCUT2D eigenvalue weighted by molar-refractivity contribution is 5.85. The van der Waals surface area contributed by atoms with Crippen molar-refractivity contribution in [3.05, 3.63) is 42.5 Å². The number of aliphatic hydroxyl groups excluding tert-OH is 1. The molecule has 1 unspecified atom stereocenters. The summed E-state index contributed by atoms with van der Waals surface area (Å²) in [5.74, 6) is -0.0660. The van der Waals surface area contributed by atoms with Crippen LogP contribution >= 0.6 is 12.4 Å². The van der Waals surface area contributed by atoms with Gasteiger partial charge in [0.05, 0.1) is 18.0 Å². The van der Waals surface area contributed by atoms with E-state index in [1.54, 1.807) is 0 Å². The van der Waals surface area contributed by atoms with Crippen molar-refractivity contribution in [2.75, 3.05) is 5.01 Å². The summed E-state index contributed by atoms with van der Waals surface area (Å²) >= 11 is 0. The number of hydrazine groups is 1. The van der Waals surface area contributed by atoms with Gasteiger partial charge in [-0.1, -0.05) is 5.21 Å². The molecule has 0 saturated heterocycles. The lowest BCUT2D eigenvalue weighted by Crippen LogP contribution is -2.39. The summed E-state index contributed by atoms with van der Waals surface area (Å²) in [6, 6.07) is 1.70. The van der Waals surface area contributed by atoms with Gasteiger partial charge >= 0.3 is 6.18 Å². The van der Waals surface area contributed by atoms with Gasteiger partial charge in [0, 0.05) is 12.4 Å². The summed E-state index contributed by atoms with van der Waals surface area (Å²) in [5.41, 5.74) is 2.10. The van der Waals surface area contributed by atoms with Gasteiger partial charge in [-0.05, 0) is 12.1 Å². The number of alkyl halides is 3. The minimum atomic E-state index is -4.48. The van der Waals surface area contributed by atoms with Gasteiger partial charge in [0.15, 0.2) is 6.23 Å². The maximum atomic E-state index is 12.7. The Kier molecular flexibility index (Phi) is 4.24. The van der Waals surface area contributed by atoms with Crippen LogP contribution in [0.3, 0.4) is 0 Å². The molecule has 0 saturated carbocycles. The van der Waals surface area contributed by atoms with Crippen molar-refractivity contribution in [3.8, 4) is 0 Å². The SMILES string of the molecule is Cl.OC1C(n2ccnn2)=CNN1c1cc(C(F)(F)F)ccn1. The number of nitrogens with one attached hydrogen (secondary N) is 1. The van der Waals surface area contributed by atoms with E-state index in [2.05, 4.69) is 20.7 Å². The molecular formula is C11H10ClF3N6O. The fourth-order valence-corrected chi connectivity index (χ4v) is 1.86. The zero-order valence-electron chi connectivity index (χ0n) is 10.8. The van der Waals surface area contributed by atoms with Crippen molar-refractivity contribution in [3.63, 3.8) is 0 Å². The molecule has 2 aromatic heterocycles. The number of nitrogens with zero attached hydrogens (tertiary/aromatic N) is 5. The van der Waals surface area contributed by atoms with Crippen molar-refractivity contribution in [2.45, 2.75) is 12.4 Å². The van der Waals surface area contributed by atoms with Crippen LogP contribution in [0.15, 0.2) is 36.9 Å². The molecule has 1 atom stereocenters. The summed E-state index contributed by atoms with van der Waals surface area (Å²) in [4.78, 5) is 3.83. The Morgan fingerprint density at radius 2 is 2.05 bits per heavy atom. The highest BCUT2D eigenvalue weighted by atomic mass is 35.5. The number of aromatic nitrogens is 4. The van der Waals surface area contributed by atoms with Gasteiger partial charge in [-0.3, -0.25) is 5.43 Å². The van der Waals surface area contributed by atoms with E-state index in [0.29, 0.717) is 5.70 Å². The third kappa shape index (κ3) is 2.83. The Balaban J connectivity index is 0.00000176. The van der Waals surface area contributed by atoms with Gasteiger partial charge in [-0.2, -0.15) is 13.2 Å². The Morgan fingerprint density at radius 3 is 2.68 bits per heavy atom. The Labute approximate surface area is 128 Å². The van der Waals surface area contributed by atoms with Crippen LogP contribution in [0, 0.1) is 0 Å². The number of hydrogen-bond donors (Lipinski definition) is 2. The standard InChI is InChI=1S/C11H9F3N6O.ClH/c12-11(13,14)7-1-2-15-9(5-7)20-10(21)8(6-17-20)19-4-3-16-18-19;/h1-6,10,17,21H;1H. The molecule has 2 N–H and O–H groups in total. The van der Waals surface area contributed by atoms with Gasteiger partial charge in [0.25, 0.3) is 0 Å². The van der Waals surface area contributed by atoms with E-state index in [4.69, 9.17) is 0 Å². The second kappa shape index (κ2) is 5.81. The summed E-state index contributed by atoms with van der Waals surface area (Å²) in [6.07, 6.45) is -0.382. The van der Waals surface area contributed by atoms with E-state index in [9.17, 15) is 18.3 Å². The van der Waals surface area contributed by atoms with Crippen LogP contribution in [0.5, 0.6) is 0 Å². The monoisotopic (exact) mass is 334 g/mol. The second-order valence-electron chi connectivity index (χ2n) is 4.19. The molecule has 3 heterocycles.